The molecule has 4 N–H and O–H groups in total. The molecule has 0 aliphatic heterocycles. The Morgan fingerprint density at radius 2 is 1.89 bits per heavy atom. The van der Waals surface area contributed by atoms with Crippen LogP contribution in [0.3, 0.4) is 0 Å². The number of rotatable bonds is 8. The van der Waals surface area contributed by atoms with E-state index in [-0.39, 0.29) is 35.1 Å². The Bertz CT molecular complexity index is 1270. The molecule has 36 heavy (non-hydrogen) atoms. The van der Waals surface area contributed by atoms with Gasteiger partial charge in [0.15, 0.2) is 5.82 Å². The van der Waals surface area contributed by atoms with Gasteiger partial charge in [0, 0.05) is 24.0 Å². The lowest BCUT2D eigenvalue weighted by Gasteiger charge is -2.34. The third-order valence-electron chi connectivity index (χ3n) is 6.88. The summed E-state index contributed by atoms with van der Waals surface area (Å²) in [6, 6.07) is 6.60. The number of hydrogen-bond donors (Lipinski definition) is 3. The Hall–Kier alpha value is -3.11. The number of nitrogens with two attached hydrogens (primary N) is 1. The van der Waals surface area contributed by atoms with E-state index in [0.29, 0.717) is 24.8 Å². The maximum Gasteiger partial charge on any atom is 0.501 e. The van der Waals surface area contributed by atoms with Gasteiger partial charge in [0.2, 0.25) is 0 Å². The molecule has 1 heterocycles. The summed E-state index contributed by atoms with van der Waals surface area (Å²) in [5, 5.41) is 20.7. The number of hydrogen-bond acceptors (Lipinski definition) is 7. The number of carbonyl (C=O) groups excluding carboxylic acids is 1. The van der Waals surface area contributed by atoms with Crippen LogP contribution in [-0.4, -0.2) is 41.7 Å². The van der Waals surface area contributed by atoms with Crippen LogP contribution >= 0.6 is 0 Å². The van der Waals surface area contributed by atoms with Crippen LogP contribution < -0.4 is 16.4 Å². The van der Waals surface area contributed by atoms with Crippen molar-refractivity contribution in [1.29, 1.82) is 5.26 Å². The molecule has 0 saturated heterocycles. The number of halogens is 3. The Kier molecular flexibility index (Phi) is 7.03. The highest BCUT2D eigenvalue weighted by Crippen LogP contribution is 2.37. The van der Waals surface area contributed by atoms with Gasteiger partial charge >= 0.3 is 5.51 Å². The topological polar surface area (TPSA) is 143 Å². The van der Waals surface area contributed by atoms with Crippen LogP contribution in [0.4, 0.5) is 24.7 Å². The van der Waals surface area contributed by atoms with E-state index in [1.807, 2.05) is 0 Å². The molecule has 2 aliphatic rings. The van der Waals surface area contributed by atoms with E-state index in [1.165, 1.54) is 19.0 Å². The summed E-state index contributed by atoms with van der Waals surface area (Å²) < 4.78 is 63.0. The largest absolute Gasteiger partial charge is 0.501 e. The van der Waals surface area contributed by atoms with Crippen LogP contribution in [0.1, 0.15) is 55.4 Å². The molecule has 2 aliphatic carbocycles. The average molecular weight is 525 g/mol. The minimum absolute atomic E-state index is 0.0429. The van der Waals surface area contributed by atoms with Crippen molar-refractivity contribution in [2.45, 2.75) is 67.6 Å². The second-order valence-corrected chi connectivity index (χ2v) is 11.4. The molecule has 1 aromatic heterocycles. The fraction of sp³-hybridized carbons (Fsp3) is 0.522. The van der Waals surface area contributed by atoms with Gasteiger partial charge in [0.1, 0.15) is 5.56 Å². The standard InChI is InChI=1S/C23H27F3N6O3S/c1-13(14-2-3-14)29-17-6-9-20(15(10-17)11-27)32-12-19(21(28)33)22(31-32)30-16-4-7-18(8-5-16)36(34,35)23(24,25)26/h4-5,7-8,12-15,17,20,29H,2-3,6,9-10H2,1H3,(H2,28,33)(H,30,31)/t13?,15-,17+,20+/m1/s1. The number of aromatic nitrogens is 2. The second-order valence-electron chi connectivity index (χ2n) is 9.44. The first-order chi connectivity index (χ1) is 16.9. The van der Waals surface area contributed by atoms with Gasteiger partial charge in [0.05, 0.1) is 22.9 Å². The number of sulfone groups is 1. The summed E-state index contributed by atoms with van der Waals surface area (Å²) in [4.78, 5) is 11.1. The Labute approximate surface area is 206 Å². The maximum atomic E-state index is 12.8. The van der Waals surface area contributed by atoms with Gasteiger partial charge in [-0.3, -0.25) is 9.48 Å². The zero-order valence-corrected chi connectivity index (χ0v) is 20.3. The van der Waals surface area contributed by atoms with Crippen LogP contribution in [0.25, 0.3) is 0 Å². The van der Waals surface area contributed by atoms with Crippen molar-refractivity contribution in [3.8, 4) is 6.07 Å². The van der Waals surface area contributed by atoms with Crippen LogP contribution in [0, 0.1) is 23.2 Å². The molecule has 13 heteroatoms. The van der Waals surface area contributed by atoms with Crippen molar-refractivity contribution in [1.82, 2.24) is 15.1 Å². The predicted molar refractivity (Wildman–Crippen MR) is 125 cm³/mol. The van der Waals surface area contributed by atoms with Gasteiger partial charge in [-0.2, -0.15) is 23.5 Å². The lowest BCUT2D eigenvalue weighted by atomic mass is 9.82. The van der Waals surface area contributed by atoms with Crippen LogP contribution in [0.15, 0.2) is 35.4 Å². The first kappa shape index (κ1) is 26.0. The molecule has 0 bridgehead atoms. The van der Waals surface area contributed by atoms with E-state index < -0.39 is 26.1 Å². The number of anilines is 2. The molecular formula is C23H27F3N6O3S. The van der Waals surface area contributed by atoms with E-state index in [0.717, 1.165) is 30.7 Å². The van der Waals surface area contributed by atoms with Gasteiger partial charge in [0.25, 0.3) is 15.7 Å². The number of amides is 1. The van der Waals surface area contributed by atoms with Crippen LogP contribution in [-0.2, 0) is 9.84 Å². The highest BCUT2D eigenvalue weighted by atomic mass is 32.2. The smallest absolute Gasteiger partial charge is 0.365 e. The average Bonchev–Trinajstić information content (AvgIpc) is 3.59. The Morgan fingerprint density at radius 1 is 1.22 bits per heavy atom. The number of alkyl halides is 3. The lowest BCUT2D eigenvalue weighted by molar-refractivity contribution is -0.0436. The summed E-state index contributed by atoms with van der Waals surface area (Å²) in [5.74, 6) is -0.359. The maximum absolute atomic E-state index is 12.8. The molecule has 0 spiro atoms. The molecule has 1 unspecified atom stereocenters. The van der Waals surface area contributed by atoms with Gasteiger partial charge in [-0.15, -0.1) is 0 Å². The molecule has 2 saturated carbocycles. The summed E-state index contributed by atoms with van der Waals surface area (Å²) in [6.45, 7) is 2.17. The number of nitrogens with zero attached hydrogens (tertiary/aromatic N) is 3. The normalized spacial score (nSPS) is 23.6. The Balaban J connectivity index is 1.51. The summed E-state index contributed by atoms with van der Waals surface area (Å²) in [5.41, 5.74) is 0.345. The highest BCUT2D eigenvalue weighted by Gasteiger charge is 2.46. The molecule has 194 valence electrons. The number of primary amides is 1. The van der Waals surface area contributed by atoms with E-state index in [2.05, 4.69) is 28.7 Å². The monoisotopic (exact) mass is 524 g/mol. The molecular weight excluding hydrogens is 497 g/mol. The molecule has 4 atom stereocenters. The van der Waals surface area contributed by atoms with Crippen LogP contribution in [0.5, 0.6) is 0 Å². The first-order valence-electron chi connectivity index (χ1n) is 11.6. The zero-order valence-electron chi connectivity index (χ0n) is 19.5. The molecule has 9 nitrogen and oxygen atoms in total. The molecule has 1 aromatic carbocycles. The molecule has 4 rings (SSSR count). The van der Waals surface area contributed by atoms with E-state index in [4.69, 9.17) is 5.73 Å². The van der Waals surface area contributed by atoms with E-state index in [1.54, 1.807) is 4.68 Å². The van der Waals surface area contributed by atoms with Crippen LogP contribution in [0.2, 0.25) is 0 Å². The molecule has 1 amide bonds. The Morgan fingerprint density at radius 3 is 2.44 bits per heavy atom. The SMILES string of the molecule is CC(N[C@H]1CC[C@H](n2cc(C(N)=O)c(Nc3ccc(S(=O)(=O)C(F)(F)F)cc3)n2)[C@@H](C#N)C1)C1CC1. The number of nitrogens with one attached hydrogen (secondary N) is 2. The van der Waals surface area contributed by atoms with Crippen molar-refractivity contribution in [3.63, 3.8) is 0 Å². The third-order valence-corrected chi connectivity index (χ3v) is 8.38. The zero-order chi connectivity index (χ0) is 26.3. The quantitative estimate of drug-likeness (QED) is 0.478. The molecule has 0 radical (unpaired) electrons. The van der Waals surface area contributed by atoms with Gasteiger partial charge < -0.3 is 16.4 Å². The minimum Gasteiger partial charge on any atom is -0.365 e. The predicted octanol–water partition coefficient (Wildman–Crippen LogP) is 3.64. The summed E-state index contributed by atoms with van der Waals surface area (Å²) in [7, 11) is -5.48. The number of carbonyl (C=O) groups is 1. The minimum atomic E-state index is -5.48. The second kappa shape index (κ2) is 9.74. The fourth-order valence-corrected chi connectivity index (χ4v) is 5.45. The molecule has 2 aromatic rings. The van der Waals surface area contributed by atoms with E-state index >= 15 is 0 Å². The highest BCUT2D eigenvalue weighted by molar-refractivity contribution is 7.92. The van der Waals surface area contributed by atoms with Crippen molar-refractivity contribution >= 4 is 27.2 Å². The lowest BCUT2D eigenvalue weighted by Crippen LogP contribution is -2.43. The van der Waals surface area contributed by atoms with Gasteiger partial charge in [-0.25, -0.2) is 8.42 Å². The van der Waals surface area contributed by atoms with Crippen molar-refractivity contribution < 1.29 is 26.4 Å². The summed E-state index contributed by atoms with van der Waals surface area (Å²) in [6.07, 6.45) is 6.06. The molecule has 2 fully saturated rings. The van der Waals surface area contributed by atoms with Gasteiger partial charge in [-0.1, -0.05) is 0 Å². The van der Waals surface area contributed by atoms with Crippen molar-refractivity contribution in [3.05, 3.63) is 36.0 Å². The van der Waals surface area contributed by atoms with E-state index in [9.17, 15) is 31.6 Å². The summed E-state index contributed by atoms with van der Waals surface area (Å²) >= 11 is 0. The fourth-order valence-electron chi connectivity index (χ4n) is 4.69. The number of nitriles is 1. The first-order valence-corrected chi connectivity index (χ1v) is 13.1. The van der Waals surface area contributed by atoms with Crippen molar-refractivity contribution in [2.24, 2.45) is 17.6 Å². The van der Waals surface area contributed by atoms with Gasteiger partial charge in [-0.05, 0) is 69.2 Å². The van der Waals surface area contributed by atoms with Crippen molar-refractivity contribution in [2.75, 3.05) is 5.32 Å². The number of benzene rings is 1. The third kappa shape index (κ3) is 5.34.